The molecule has 10 nitrogen and oxygen atoms in total. The second-order valence-electron chi connectivity index (χ2n) is 14.5. The molecular formula is C35H50O10Si. The van der Waals surface area contributed by atoms with Crippen LogP contribution in [-0.2, 0) is 28.2 Å². The minimum absolute atomic E-state index is 0.105. The molecule has 254 valence electrons. The summed E-state index contributed by atoms with van der Waals surface area (Å²) in [6.07, 6.45) is -6.03. The van der Waals surface area contributed by atoms with Crippen LogP contribution in [0.15, 0.2) is 41.5 Å². The van der Waals surface area contributed by atoms with Gasteiger partial charge in [0.2, 0.25) is 0 Å². The molecule has 0 spiro atoms. The zero-order valence-corrected chi connectivity index (χ0v) is 29.3. The van der Waals surface area contributed by atoms with Crippen LogP contribution in [0.4, 0.5) is 0 Å². The molecule has 2 bridgehead atoms. The van der Waals surface area contributed by atoms with Gasteiger partial charge in [0.05, 0.1) is 35.7 Å². The summed E-state index contributed by atoms with van der Waals surface area (Å²) in [6.45, 7) is 14.1. The summed E-state index contributed by atoms with van der Waals surface area (Å²) in [5.74, 6) is -3.16. The number of hydrogen-bond donors (Lipinski definition) is 3. The first-order valence-electron chi connectivity index (χ1n) is 16.6. The van der Waals surface area contributed by atoms with Crippen molar-refractivity contribution in [2.75, 3.05) is 6.61 Å². The highest BCUT2D eigenvalue weighted by molar-refractivity contribution is 6.73. The van der Waals surface area contributed by atoms with Crippen molar-refractivity contribution < 1.29 is 48.3 Å². The Morgan fingerprint density at radius 1 is 1.04 bits per heavy atom. The number of rotatable bonds is 8. The monoisotopic (exact) mass is 658 g/mol. The maximum Gasteiger partial charge on any atom is 0.338 e. The Morgan fingerprint density at radius 2 is 1.65 bits per heavy atom. The lowest BCUT2D eigenvalue weighted by Crippen LogP contribution is -2.82. The second kappa shape index (κ2) is 11.9. The Hall–Kier alpha value is -2.41. The third-order valence-corrected chi connectivity index (χ3v) is 16.9. The predicted octanol–water partition coefficient (Wildman–Crippen LogP) is 4.11. The van der Waals surface area contributed by atoms with E-state index in [1.807, 2.05) is 0 Å². The third kappa shape index (κ3) is 4.87. The molecule has 0 amide bonds. The number of aliphatic hydroxyl groups is 3. The number of carbonyl (C=O) groups is 3. The van der Waals surface area contributed by atoms with Crippen LogP contribution in [0, 0.1) is 16.7 Å². The van der Waals surface area contributed by atoms with Gasteiger partial charge < -0.3 is 34.0 Å². The van der Waals surface area contributed by atoms with Crippen LogP contribution in [-0.4, -0.2) is 89.7 Å². The summed E-state index contributed by atoms with van der Waals surface area (Å²) in [5.41, 5.74) is -5.70. The quantitative estimate of drug-likeness (QED) is 0.212. The molecule has 3 fully saturated rings. The second-order valence-corrected chi connectivity index (χ2v) is 19.2. The Bertz CT molecular complexity index is 1400. The minimum atomic E-state index is -2.42. The molecule has 3 N–H and O–H groups in total. The highest BCUT2D eigenvalue weighted by atomic mass is 28.4. The Labute approximate surface area is 272 Å². The van der Waals surface area contributed by atoms with Crippen LogP contribution in [0.3, 0.4) is 0 Å². The summed E-state index contributed by atoms with van der Waals surface area (Å²) in [6, 6.07) is 10.7. The summed E-state index contributed by atoms with van der Waals surface area (Å²) >= 11 is 0. The Balaban J connectivity index is 1.84. The van der Waals surface area contributed by atoms with E-state index in [4.69, 9.17) is 18.6 Å². The normalized spacial score (nSPS) is 38.5. The van der Waals surface area contributed by atoms with E-state index >= 15 is 4.79 Å². The maximum absolute atomic E-state index is 15.1. The Morgan fingerprint density at radius 3 is 2.17 bits per heavy atom. The SMILES string of the molecule is CC[Si](CC)(CC)OC1CC2OCC2(OC(C)=O)C2C(OC(=O)c3ccccc3)C3(O)CC(O)C(C)=C(C(O)C(=O)C12C)C3(C)C. The van der Waals surface area contributed by atoms with Gasteiger partial charge in [-0.3, -0.25) is 9.59 Å². The van der Waals surface area contributed by atoms with Crippen LogP contribution in [0.25, 0.3) is 0 Å². The van der Waals surface area contributed by atoms with Crippen molar-refractivity contribution in [2.45, 2.75) is 128 Å². The first-order chi connectivity index (χ1) is 21.5. The van der Waals surface area contributed by atoms with Crippen LogP contribution >= 0.6 is 0 Å². The fraction of sp³-hybridized carbons (Fsp3) is 0.686. The van der Waals surface area contributed by atoms with E-state index in [0.717, 1.165) is 18.1 Å². The molecule has 5 rings (SSSR count). The van der Waals surface area contributed by atoms with Gasteiger partial charge in [-0.1, -0.05) is 52.8 Å². The molecule has 3 aliphatic carbocycles. The van der Waals surface area contributed by atoms with E-state index in [0.29, 0.717) is 5.57 Å². The number of aliphatic hydroxyl groups excluding tert-OH is 2. The smallest absolute Gasteiger partial charge is 0.338 e. The first-order valence-corrected chi connectivity index (χ1v) is 19.1. The van der Waals surface area contributed by atoms with Crippen molar-refractivity contribution in [1.82, 2.24) is 0 Å². The molecule has 1 aromatic carbocycles. The lowest BCUT2D eigenvalue weighted by molar-refractivity contribution is -0.344. The van der Waals surface area contributed by atoms with Gasteiger partial charge in [0.1, 0.15) is 23.9 Å². The molecule has 9 atom stereocenters. The van der Waals surface area contributed by atoms with Crippen molar-refractivity contribution in [2.24, 2.45) is 16.7 Å². The molecule has 9 unspecified atom stereocenters. The lowest BCUT2D eigenvalue weighted by atomic mass is 9.44. The third-order valence-electron chi connectivity index (χ3n) is 12.2. The predicted molar refractivity (Wildman–Crippen MR) is 171 cm³/mol. The van der Waals surface area contributed by atoms with Gasteiger partial charge in [-0.2, -0.15) is 0 Å². The van der Waals surface area contributed by atoms with E-state index in [9.17, 15) is 24.9 Å². The van der Waals surface area contributed by atoms with Crippen LogP contribution in [0.1, 0.15) is 78.6 Å². The van der Waals surface area contributed by atoms with Gasteiger partial charge >= 0.3 is 11.9 Å². The number of ether oxygens (including phenoxy) is 3. The number of benzene rings is 1. The highest BCUT2D eigenvalue weighted by Crippen LogP contribution is 2.64. The van der Waals surface area contributed by atoms with Gasteiger partial charge in [-0.25, -0.2) is 4.79 Å². The van der Waals surface area contributed by atoms with Crippen molar-refractivity contribution in [1.29, 1.82) is 0 Å². The van der Waals surface area contributed by atoms with Crippen molar-refractivity contribution >= 4 is 26.0 Å². The number of carbonyl (C=O) groups excluding carboxylic acids is 3. The zero-order chi connectivity index (χ0) is 34.0. The largest absolute Gasteiger partial charge is 0.455 e. The lowest BCUT2D eigenvalue weighted by Gasteiger charge is -2.68. The molecule has 11 heteroatoms. The van der Waals surface area contributed by atoms with Crippen molar-refractivity contribution in [3.8, 4) is 0 Å². The molecule has 1 aliphatic heterocycles. The van der Waals surface area contributed by atoms with E-state index in [1.54, 1.807) is 58.0 Å². The summed E-state index contributed by atoms with van der Waals surface area (Å²) < 4.78 is 25.7. The minimum Gasteiger partial charge on any atom is -0.455 e. The van der Waals surface area contributed by atoms with Gasteiger partial charge in [0.25, 0.3) is 0 Å². The zero-order valence-electron chi connectivity index (χ0n) is 28.3. The molecule has 1 heterocycles. The summed E-state index contributed by atoms with van der Waals surface area (Å²) in [5, 5.41) is 36.5. The average molecular weight is 659 g/mol. The van der Waals surface area contributed by atoms with Crippen molar-refractivity contribution in [3.63, 3.8) is 0 Å². The summed E-state index contributed by atoms with van der Waals surface area (Å²) in [4.78, 5) is 41.9. The van der Waals surface area contributed by atoms with Gasteiger partial charge in [-0.15, -0.1) is 0 Å². The maximum atomic E-state index is 15.1. The molecule has 0 radical (unpaired) electrons. The van der Waals surface area contributed by atoms with E-state index in [2.05, 4.69) is 20.8 Å². The van der Waals surface area contributed by atoms with Gasteiger partial charge in [-0.05, 0) is 55.3 Å². The number of hydrogen-bond acceptors (Lipinski definition) is 10. The van der Waals surface area contributed by atoms with E-state index < -0.39 is 84.5 Å². The molecule has 1 saturated heterocycles. The molecule has 4 aliphatic rings. The average Bonchev–Trinajstić information content (AvgIpc) is 3.01. The molecule has 46 heavy (non-hydrogen) atoms. The number of ketones is 1. The van der Waals surface area contributed by atoms with E-state index in [1.165, 1.54) is 6.92 Å². The fourth-order valence-corrected chi connectivity index (χ4v) is 12.1. The fourth-order valence-electron chi connectivity index (χ4n) is 9.11. The standard InChI is InChI=1S/C35H50O10Si/c1-9-46(10-2,11-3)45-24-17-25-34(19-42-25,44-21(5)36)28-30(43-31(40)22-15-13-12-14-16-22)35(41)18-23(37)20(4)26(32(35,6)7)27(38)29(39)33(24,28)8/h12-16,23-25,27-28,30,37-38,41H,9-11,17-19H2,1-8H3. The topological polar surface area (TPSA) is 149 Å². The molecular weight excluding hydrogens is 608 g/mol. The number of Topliss-reactive ketones (excluding diaryl/α,β-unsaturated/α-hetero) is 1. The highest BCUT2D eigenvalue weighted by Gasteiger charge is 2.78. The van der Waals surface area contributed by atoms with Gasteiger partial charge in [0, 0.05) is 25.2 Å². The Kier molecular flexibility index (Phi) is 9.05. The summed E-state index contributed by atoms with van der Waals surface area (Å²) in [7, 11) is -2.42. The number of fused-ring (bicyclic) bond motifs is 5. The van der Waals surface area contributed by atoms with Crippen molar-refractivity contribution in [3.05, 3.63) is 47.0 Å². The molecule has 0 aromatic heterocycles. The first kappa shape index (κ1) is 34.9. The molecule has 2 saturated carbocycles. The molecule has 1 aromatic rings. The number of esters is 2. The van der Waals surface area contributed by atoms with Crippen LogP contribution < -0.4 is 0 Å². The van der Waals surface area contributed by atoms with Crippen LogP contribution in [0.5, 0.6) is 0 Å². The van der Waals surface area contributed by atoms with E-state index in [-0.39, 0.29) is 30.6 Å². The van der Waals surface area contributed by atoms with Gasteiger partial charge in [0.15, 0.2) is 19.7 Å². The van der Waals surface area contributed by atoms with Crippen LogP contribution in [0.2, 0.25) is 18.1 Å².